The first-order valence-electron chi connectivity index (χ1n) is 10.9. The quantitative estimate of drug-likeness (QED) is 0.323. The Morgan fingerprint density at radius 3 is 2.59 bits per heavy atom. The van der Waals surface area contributed by atoms with Gasteiger partial charge in [-0.1, -0.05) is 12.1 Å². The standard InChI is InChI=1S/C25H18F4N6O2/c1-37-19-4-2-3-15(9-19)13-34-14-18(12-30-34)31-24(36)21-11-23-32-20(16-5-7-17(26)8-6-16)10-22(25(27,28)29)35(23)33-21/h2-12,14H,13H2,1H3,(H,31,36). The second-order valence-corrected chi connectivity index (χ2v) is 8.06. The molecule has 0 aliphatic carbocycles. The van der Waals surface area contributed by atoms with E-state index in [0.717, 1.165) is 29.8 Å². The number of nitrogens with zero attached hydrogens (tertiary/aromatic N) is 5. The molecule has 12 heteroatoms. The monoisotopic (exact) mass is 510 g/mol. The molecule has 0 saturated heterocycles. The van der Waals surface area contributed by atoms with Gasteiger partial charge in [0.05, 0.1) is 31.2 Å². The van der Waals surface area contributed by atoms with Crippen LogP contribution in [-0.2, 0) is 12.7 Å². The largest absolute Gasteiger partial charge is 0.497 e. The highest BCUT2D eigenvalue weighted by Crippen LogP contribution is 2.32. The van der Waals surface area contributed by atoms with Crippen LogP contribution >= 0.6 is 0 Å². The predicted octanol–water partition coefficient (Wildman–Crippen LogP) is 5.06. The van der Waals surface area contributed by atoms with Gasteiger partial charge in [0.2, 0.25) is 0 Å². The molecule has 0 spiro atoms. The maximum atomic E-state index is 13.8. The third-order valence-corrected chi connectivity index (χ3v) is 5.46. The Labute approximate surface area is 207 Å². The molecule has 0 aliphatic heterocycles. The minimum Gasteiger partial charge on any atom is -0.497 e. The second-order valence-electron chi connectivity index (χ2n) is 8.06. The molecular weight excluding hydrogens is 492 g/mol. The van der Waals surface area contributed by atoms with Crippen molar-refractivity contribution in [1.29, 1.82) is 0 Å². The Morgan fingerprint density at radius 1 is 1.08 bits per heavy atom. The van der Waals surface area contributed by atoms with Crippen molar-refractivity contribution in [3.05, 3.63) is 95.8 Å². The van der Waals surface area contributed by atoms with Crippen LogP contribution in [0.4, 0.5) is 23.2 Å². The number of amides is 1. The van der Waals surface area contributed by atoms with Gasteiger partial charge in [-0.25, -0.2) is 13.9 Å². The number of hydrogen-bond donors (Lipinski definition) is 1. The van der Waals surface area contributed by atoms with Gasteiger partial charge < -0.3 is 10.1 Å². The van der Waals surface area contributed by atoms with Gasteiger partial charge in [0, 0.05) is 17.8 Å². The van der Waals surface area contributed by atoms with Crippen LogP contribution in [0, 0.1) is 5.82 Å². The zero-order valence-electron chi connectivity index (χ0n) is 19.2. The molecule has 5 rings (SSSR count). The average Bonchev–Trinajstić information content (AvgIpc) is 3.50. The molecule has 0 bridgehead atoms. The molecule has 8 nitrogen and oxygen atoms in total. The predicted molar refractivity (Wildman–Crippen MR) is 126 cm³/mol. The normalized spacial score (nSPS) is 11.6. The number of rotatable bonds is 6. The number of carbonyl (C=O) groups excluding carboxylic acids is 1. The molecule has 1 amide bonds. The van der Waals surface area contributed by atoms with E-state index in [1.165, 1.54) is 18.3 Å². The van der Waals surface area contributed by atoms with Crippen molar-refractivity contribution >= 4 is 17.2 Å². The number of methoxy groups -OCH3 is 1. The number of alkyl halides is 3. The molecule has 0 radical (unpaired) electrons. The van der Waals surface area contributed by atoms with Crippen LogP contribution in [-0.4, -0.2) is 37.4 Å². The van der Waals surface area contributed by atoms with Crippen LogP contribution in [0.25, 0.3) is 16.9 Å². The summed E-state index contributed by atoms with van der Waals surface area (Å²) in [5.74, 6) is -0.571. The van der Waals surface area contributed by atoms with Crippen LogP contribution in [0.15, 0.2) is 73.1 Å². The first kappa shape index (κ1) is 24.0. The Balaban J connectivity index is 1.41. The van der Waals surface area contributed by atoms with Crippen LogP contribution in [0.3, 0.4) is 0 Å². The molecule has 0 unspecified atom stereocenters. The van der Waals surface area contributed by atoms with Crippen LogP contribution in [0.1, 0.15) is 21.7 Å². The molecule has 3 aromatic heterocycles. The lowest BCUT2D eigenvalue weighted by molar-refractivity contribution is -0.142. The smallest absolute Gasteiger partial charge is 0.433 e. The molecule has 0 atom stereocenters. The molecule has 188 valence electrons. The summed E-state index contributed by atoms with van der Waals surface area (Å²) in [4.78, 5) is 17.0. The number of ether oxygens (including phenoxy) is 1. The number of hydrogen-bond acceptors (Lipinski definition) is 5. The molecule has 0 fully saturated rings. The number of anilines is 1. The van der Waals surface area contributed by atoms with E-state index < -0.39 is 23.6 Å². The summed E-state index contributed by atoms with van der Waals surface area (Å²) in [5.41, 5.74) is -0.0790. The van der Waals surface area contributed by atoms with Gasteiger partial charge in [-0.3, -0.25) is 9.48 Å². The number of carbonyl (C=O) groups is 1. The lowest BCUT2D eigenvalue weighted by Gasteiger charge is -2.11. The molecule has 0 saturated carbocycles. The first-order valence-corrected chi connectivity index (χ1v) is 10.9. The molecule has 0 aliphatic rings. The third kappa shape index (κ3) is 5.13. The van der Waals surface area contributed by atoms with Gasteiger partial charge >= 0.3 is 6.18 Å². The van der Waals surface area contributed by atoms with Crippen LogP contribution in [0.2, 0.25) is 0 Å². The molecule has 2 aromatic carbocycles. The van der Waals surface area contributed by atoms with Crippen molar-refractivity contribution in [2.45, 2.75) is 12.7 Å². The number of benzene rings is 2. The second kappa shape index (κ2) is 9.37. The number of aromatic nitrogens is 5. The minimum absolute atomic E-state index is 0.0366. The van der Waals surface area contributed by atoms with E-state index in [-0.39, 0.29) is 22.6 Å². The average molecular weight is 510 g/mol. The molecule has 5 aromatic rings. The Kier molecular flexibility index (Phi) is 6.07. The molecule has 3 heterocycles. The zero-order chi connectivity index (χ0) is 26.2. The summed E-state index contributed by atoms with van der Waals surface area (Å²) < 4.78 is 62.0. The maximum Gasteiger partial charge on any atom is 0.433 e. The fourth-order valence-corrected chi connectivity index (χ4v) is 3.72. The third-order valence-electron chi connectivity index (χ3n) is 5.46. The van der Waals surface area contributed by atoms with Crippen molar-refractivity contribution in [3.63, 3.8) is 0 Å². The lowest BCUT2D eigenvalue weighted by atomic mass is 10.1. The fourth-order valence-electron chi connectivity index (χ4n) is 3.72. The van der Waals surface area contributed by atoms with E-state index in [4.69, 9.17) is 4.74 Å². The highest BCUT2D eigenvalue weighted by molar-refractivity contribution is 6.03. The van der Waals surface area contributed by atoms with Gasteiger partial charge in [-0.15, -0.1) is 0 Å². The highest BCUT2D eigenvalue weighted by Gasteiger charge is 2.35. The summed E-state index contributed by atoms with van der Waals surface area (Å²) in [6, 6.07) is 14.2. The maximum absolute atomic E-state index is 13.8. The fraction of sp³-hybridized carbons (Fsp3) is 0.120. The van der Waals surface area contributed by atoms with Crippen molar-refractivity contribution in [3.8, 4) is 17.0 Å². The van der Waals surface area contributed by atoms with Gasteiger partial charge in [-0.05, 0) is 48.0 Å². The molecular formula is C25H18F4N6O2. The number of nitrogens with one attached hydrogen (secondary N) is 1. The van der Waals surface area contributed by atoms with Crippen molar-refractivity contribution in [2.75, 3.05) is 12.4 Å². The number of fused-ring (bicyclic) bond motifs is 1. The van der Waals surface area contributed by atoms with E-state index in [0.29, 0.717) is 22.5 Å². The molecule has 1 N–H and O–H groups in total. The van der Waals surface area contributed by atoms with Gasteiger partial charge in [0.1, 0.15) is 11.6 Å². The van der Waals surface area contributed by atoms with Crippen molar-refractivity contribution < 1.29 is 27.1 Å². The van der Waals surface area contributed by atoms with Crippen LogP contribution in [0.5, 0.6) is 5.75 Å². The van der Waals surface area contributed by atoms with E-state index in [9.17, 15) is 22.4 Å². The summed E-state index contributed by atoms with van der Waals surface area (Å²) >= 11 is 0. The SMILES string of the molecule is COc1cccc(Cn2cc(NC(=O)c3cc4nc(-c5ccc(F)cc5)cc(C(F)(F)F)n4n3)cn2)c1. The summed E-state index contributed by atoms with van der Waals surface area (Å²) in [7, 11) is 1.57. The first-order chi connectivity index (χ1) is 17.7. The van der Waals surface area contributed by atoms with E-state index >= 15 is 0 Å². The van der Waals surface area contributed by atoms with E-state index in [1.807, 2.05) is 24.3 Å². The van der Waals surface area contributed by atoms with Gasteiger partial charge in [-0.2, -0.15) is 23.4 Å². The Bertz CT molecular complexity index is 1590. The summed E-state index contributed by atoms with van der Waals surface area (Å²) in [6.07, 6.45) is -1.78. The minimum atomic E-state index is -4.78. The highest BCUT2D eigenvalue weighted by atomic mass is 19.4. The van der Waals surface area contributed by atoms with E-state index in [1.54, 1.807) is 18.0 Å². The number of halogens is 4. The van der Waals surface area contributed by atoms with Gasteiger partial charge in [0.25, 0.3) is 5.91 Å². The lowest BCUT2D eigenvalue weighted by Crippen LogP contribution is -2.15. The Hall–Kier alpha value is -4.74. The zero-order valence-corrected chi connectivity index (χ0v) is 19.2. The van der Waals surface area contributed by atoms with E-state index in [2.05, 4.69) is 20.5 Å². The van der Waals surface area contributed by atoms with Crippen LogP contribution < -0.4 is 10.1 Å². The van der Waals surface area contributed by atoms with Gasteiger partial charge in [0.15, 0.2) is 17.0 Å². The summed E-state index contributed by atoms with van der Waals surface area (Å²) in [6.45, 7) is 0.409. The Morgan fingerprint density at radius 2 is 1.86 bits per heavy atom. The topological polar surface area (TPSA) is 86.3 Å². The molecule has 37 heavy (non-hydrogen) atoms. The summed E-state index contributed by atoms with van der Waals surface area (Å²) in [5, 5.41) is 10.6. The van der Waals surface area contributed by atoms with Crippen molar-refractivity contribution in [1.82, 2.24) is 24.4 Å². The van der Waals surface area contributed by atoms with Crippen molar-refractivity contribution in [2.24, 2.45) is 0 Å².